The predicted molar refractivity (Wildman–Crippen MR) is 78.9 cm³/mol. The molecule has 21 heavy (non-hydrogen) atoms. The number of esters is 2. The number of pyridine rings is 1. The molecule has 0 fully saturated rings. The molecule has 0 saturated carbocycles. The van der Waals surface area contributed by atoms with Gasteiger partial charge in [-0.1, -0.05) is 18.5 Å². The monoisotopic (exact) mass is 313 g/mol. The zero-order valence-corrected chi connectivity index (χ0v) is 13.3. The van der Waals surface area contributed by atoms with Crippen LogP contribution in [-0.4, -0.2) is 30.1 Å². The Hall–Kier alpha value is -1.62. The number of hydrogen-bond acceptors (Lipinski definition) is 5. The van der Waals surface area contributed by atoms with Gasteiger partial charge in [0.15, 0.2) is 5.41 Å². The van der Waals surface area contributed by atoms with Crippen LogP contribution in [0.5, 0.6) is 0 Å². The second kappa shape index (κ2) is 7.98. The standard InChI is InChI=1S/C15H20ClNO4/c1-4-15(13(18)20-5-2,14(19)21-6-3)10-11-7-8-17-12(16)9-11/h7-9H,4-6,10H2,1-3H3. The van der Waals surface area contributed by atoms with E-state index in [1.807, 2.05) is 0 Å². The van der Waals surface area contributed by atoms with E-state index in [0.29, 0.717) is 5.15 Å². The molecule has 0 N–H and O–H groups in total. The average molecular weight is 314 g/mol. The van der Waals surface area contributed by atoms with E-state index in [1.165, 1.54) is 6.20 Å². The summed E-state index contributed by atoms with van der Waals surface area (Å²) in [7, 11) is 0. The topological polar surface area (TPSA) is 65.5 Å². The minimum atomic E-state index is -1.35. The molecule has 0 aromatic carbocycles. The second-order valence-corrected chi connectivity index (χ2v) is 4.93. The van der Waals surface area contributed by atoms with E-state index in [4.69, 9.17) is 21.1 Å². The van der Waals surface area contributed by atoms with Crippen LogP contribution in [0.2, 0.25) is 5.15 Å². The lowest BCUT2D eigenvalue weighted by atomic mass is 9.79. The lowest BCUT2D eigenvalue weighted by Gasteiger charge is -2.28. The summed E-state index contributed by atoms with van der Waals surface area (Å²) in [5.41, 5.74) is -0.616. The summed E-state index contributed by atoms with van der Waals surface area (Å²) >= 11 is 5.85. The number of halogens is 1. The van der Waals surface area contributed by atoms with Gasteiger partial charge in [0.25, 0.3) is 0 Å². The van der Waals surface area contributed by atoms with Crippen LogP contribution in [0.15, 0.2) is 18.3 Å². The Morgan fingerprint density at radius 3 is 2.19 bits per heavy atom. The summed E-state index contributed by atoms with van der Waals surface area (Å²) in [5, 5.41) is 0.310. The fraction of sp³-hybridized carbons (Fsp3) is 0.533. The molecule has 1 aromatic heterocycles. The summed E-state index contributed by atoms with van der Waals surface area (Å²) < 4.78 is 10.2. The van der Waals surface area contributed by atoms with Crippen LogP contribution in [0.3, 0.4) is 0 Å². The minimum Gasteiger partial charge on any atom is -0.465 e. The van der Waals surface area contributed by atoms with Crippen LogP contribution in [0.4, 0.5) is 0 Å². The van der Waals surface area contributed by atoms with Crippen molar-refractivity contribution in [2.24, 2.45) is 5.41 Å². The van der Waals surface area contributed by atoms with E-state index < -0.39 is 17.4 Å². The van der Waals surface area contributed by atoms with Crippen molar-refractivity contribution in [1.82, 2.24) is 4.98 Å². The van der Waals surface area contributed by atoms with Crippen LogP contribution < -0.4 is 0 Å². The van der Waals surface area contributed by atoms with Gasteiger partial charge in [-0.25, -0.2) is 4.98 Å². The largest absolute Gasteiger partial charge is 0.465 e. The highest BCUT2D eigenvalue weighted by atomic mass is 35.5. The molecular weight excluding hydrogens is 294 g/mol. The van der Waals surface area contributed by atoms with Gasteiger partial charge in [0.1, 0.15) is 5.15 Å². The molecule has 0 spiro atoms. The molecule has 0 aliphatic heterocycles. The van der Waals surface area contributed by atoms with E-state index in [2.05, 4.69) is 4.98 Å². The summed E-state index contributed by atoms with van der Waals surface area (Å²) in [6.45, 7) is 5.57. The molecule has 0 aliphatic carbocycles. The third-order valence-electron chi connectivity index (χ3n) is 3.23. The highest BCUT2D eigenvalue weighted by Gasteiger charge is 2.47. The van der Waals surface area contributed by atoms with Crippen molar-refractivity contribution in [2.45, 2.75) is 33.6 Å². The smallest absolute Gasteiger partial charge is 0.323 e. The van der Waals surface area contributed by atoms with Gasteiger partial charge in [-0.3, -0.25) is 9.59 Å². The molecule has 0 bridgehead atoms. The van der Waals surface area contributed by atoms with Crippen molar-refractivity contribution >= 4 is 23.5 Å². The number of hydrogen-bond donors (Lipinski definition) is 0. The molecule has 0 aliphatic rings. The third kappa shape index (κ3) is 4.17. The van der Waals surface area contributed by atoms with Crippen molar-refractivity contribution in [2.75, 3.05) is 13.2 Å². The van der Waals surface area contributed by atoms with E-state index in [0.717, 1.165) is 5.56 Å². The van der Waals surface area contributed by atoms with Gasteiger partial charge < -0.3 is 9.47 Å². The Bertz CT molecular complexity index is 486. The van der Waals surface area contributed by atoms with Crippen molar-refractivity contribution in [3.8, 4) is 0 Å². The van der Waals surface area contributed by atoms with Gasteiger partial charge in [-0.05, 0) is 44.4 Å². The Morgan fingerprint density at radius 2 is 1.76 bits per heavy atom. The molecule has 0 saturated heterocycles. The van der Waals surface area contributed by atoms with Gasteiger partial charge >= 0.3 is 11.9 Å². The zero-order chi connectivity index (χ0) is 15.9. The van der Waals surface area contributed by atoms with Crippen LogP contribution in [-0.2, 0) is 25.5 Å². The number of aromatic nitrogens is 1. The van der Waals surface area contributed by atoms with E-state index >= 15 is 0 Å². The molecule has 0 atom stereocenters. The quantitative estimate of drug-likeness (QED) is 0.440. The lowest BCUT2D eigenvalue weighted by Crippen LogP contribution is -2.43. The number of carbonyl (C=O) groups excluding carboxylic acids is 2. The molecule has 1 rings (SSSR count). The maximum Gasteiger partial charge on any atom is 0.323 e. The molecule has 116 valence electrons. The third-order valence-corrected chi connectivity index (χ3v) is 3.44. The maximum atomic E-state index is 12.3. The number of carbonyl (C=O) groups is 2. The van der Waals surface area contributed by atoms with Gasteiger partial charge in [-0.15, -0.1) is 0 Å². The molecule has 0 unspecified atom stereocenters. The fourth-order valence-corrected chi connectivity index (χ4v) is 2.28. The van der Waals surface area contributed by atoms with Crippen molar-refractivity contribution < 1.29 is 19.1 Å². The Kier molecular flexibility index (Phi) is 6.62. The summed E-state index contributed by atoms with van der Waals surface area (Å²) in [4.78, 5) is 28.6. The number of ether oxygens (including phenoxy) is 2. The molecule has 0 amide bonds. The highest BCUT2D eigenvalue weighted by molar-refractivity contribution is 6.29. The summed E-state index contributed by atoms with van der Waals surface area (Å²) in [5.74, 6) is -1.14. The minimum absolute atomic E-state index is 0.170. The first-order valence-electron chi connectivity index (χ1n) is 6.95. The average Bonchev–Trinajstić information content (AvgIpc) is 2.45. The van der Waals surface area contributed by atoms with Crippen LogP contribution in [0.25, 0.3) is 0 Å². The highest BCUT2D eigenvalue weighted by Crippen LogP contribution is 2.31. The predicted octanol–water partition coefficient (Wildman–Crippen LogP) is 2.80. The lowest BCUT2D eigenvalue weighted by molar-refractivity contribution is -0.172. The molecule has 1 heterocycles. The summed E-state index contributed by atoms with van der Waals surface area (Å²) in [6.07, 6.45) is 1.99. The molecule has 5 nitrogen and oxygen atoms in total. The Morgan fingerprint density at radius 1 is 1.19 bits per heavy atom. The molecular formula is C15H20ClNO4. The van der Waals surface area contributed by atoms with Crippen LogP contribution in [0.1, 0.15) is 32.8 Å². The Balaban J connectivity index is 3.16. The van der Waals surface area contributed by atoms with E-state index in [1.54, 1.807) is 32.9 Å². The van der Waals surface area contributed by atoms with Crippen molar-refractivity contribution in [3.63, 3.8) is 0 Å². The number of rotatable bonds is 7. The second-order valence-electron chi connectivity index (χ2n) is 4.54. The summed E-state index contributed by atoms with van der Waals surface area (Å²) in [6, 6.07) is 3.35. The first-order valence-corrected chi connectivity index (χ1v) is 7.32. The molecule has 0 radical (unpaired) electrons. The van der Waals surface area contributed by atoms with Crippen LogP contribution in [0, 0.1) is 5.41 Å². The first-order chi connectivity index (χ1) is 10.00. The zero-order valence-electron chi connectivity index (χ0n) is 12.5. The first kappa shape index (κ1) is 17.4. The van der Waals surface area contributed by atoms with Gasteiger partial charge in [0, 0.05) is 6.20 Å². The van der Waals surface area contributed by atoms with Gasteiger partial charge in [0.05, 0.1) is 13.2 Å². The number of nitrogens with zero attached hydrogens (tertiary/aromatic N) is 1. The fourth-order valence-electron chi connectivity index (χ4n) is 2.08. The Labute approximate surface area is 129 Å². The SMILES string of the molecule is CCOC(=O)C(CC)(Cc1ccnc(Cl)c1)C(=O)OCC. The van der Waals surface area contributed by atoms with Gasteiger partial charge in [0.2, 0.25) is 0 Å². The molecule has 1 aromatic rings. The van der Waals surface area contributed by atoms with Crippen molar-refractivity contribution in [3.05, 3.63) is 29.0 Å². The van der Waals surface area contributed by atoms with Crippen molar-refractivity contribution in [1.29, 1.82) is 0 Å². The van der Waals surface area contributed by atoms with Crippen LogP contribution >= 0.6 is 11.6 Å². The van der Waals surface area contributed by atoms with Gasteiger partial charge in [-0.2, -0.15) is 0 Å². The van der Waals surface area contributed by atoms with E-state index in [-0.39, 0.29) is 26.1 Å². The normalized spacial score (nSPS) is 11.0. The maximum absolute atomic E-state index is 12.3. The van der Waals surface area contributed by atoms with E-state index in [9.17, 15) is 9.59 Å². The molecule has 6 heteroatoms.